The number of hydrogen-bond acceptors (Lipinski definition) is 4. The van der Waals surface area contributed by atoms with E-state index in [0.29, 0.717) is 27.7 Å². The highest BCUT2D eigenvalue weighted by molar-refractivity contribution is 6.30. The zero-order chi connectivity index (χ0) is 18.0. The fourth-order valence-corrected chi connectivity index (χ4v) is 2.71. The number of benzene rings is 2. The Labute approximate surface area is 150 Å². The van der Waals surface area contributed by atoms with Crippen LogP contribution in [0.5, 0.6) is 5.75 Å². The van der Waals surface area contributed by atoms with Crippen LogP contribution in [0.3, 0.4) is 0 Å². The highest BCUT2D eigenvalue weighted by Crippen LogP contribution is 2.39. The van der Waals surface area contributed by atoms with Crippen molar-refractivity contribution in [3.8, 4) is 11.8 Å². The standard InChI is InChI=1S/C20H14ClNO3/c1-12-3-8-18-16(9-12)15(17(11-22)20(23)24-2)10-19(25-18)13-4-6-14(21)7-5-13/h3-10H,1-2H3/b17-15-. The van der Waals surface area contributed by atoms with Gasteiger partial charge in [-0.3, -0.25) is 0 Å². The SMILES string of the molecule is COC(=O)/C(C#N)=C1/C=C(c2ccc(Cl)cc2)Oc2ccc(C)cc21. The molecule has 0 saturated carbocycles. The lowest BCUT2D eigenvalue weighted by Crippen LogP contribution is -2.10. The number of rotatable bonds is 2. The Morgan fingerprint density at radius 3 is 2.56 bits per heavy atom. The van der Waals surface area contributed by atoms with Crippen LogP contribution in [-0.2, 0) is 9.53 Å². The lowest BCUT2D eigenvalue weighted by molar-refractivity contribution is -0.135. The largest absolute Gasteiger partial charge is 0.465 e. The van der Waals surface area contributed by atoms with Crippen molar-refractivity contribution < 1.29 is 14.3 Å². The summed E-state index contributed by atoms with van der Waals surface area (Å²) < 4.78 is 10.7. The molecule has 0 amide bonds. The van der Waals surface area contributed by atoms with E-state index in [1.807, 2.05) is 43.3 Å². The molecule has 0 unspecified atom stereocenters. The second kappa shape index (κ2) is 6.84. The van der Waals surface area contributed by atoms with Crippen molar-refractivity contribution in [3.63, 3.8) is 0 Å². The third-order valence-corrected chi connectivity index (χ3v) is 4.07. The van der Waals surface area contributed by atoms with E-state index in [1.165, 1.54) is 7.11 Å². The van der Waals surface area contributed by atoms with Crippen LogP contribution in [0, 0.1) is 18.3 Å². The van der Waals surface area contributed by atoms with Gasteiger partial charge in [-0.2, -0.15) is 5.26 Å². The Balaban J connectivity index is 2.24. The van der Waals surface area contributed by atoms with Gasteiger partial charge in [-0.25, -0.2) is 4.79 Å². The molecule has 0 atom stereocenters. The summed E-state index contributed by atoms with van der Waals surface area (Å²) in [5, 5.41) is 10.1. The molecule has 0 N–H and O–H groups in total. The van der Waals surface area contributed by atoms with E-state index in [0.717, 1.165) is 11.1 Å². The topological polar surface area (TPSA) is 59.3 Å². The van der Waals surface area contributed by atoms with E-state index < -0.39 is 5.97 Å². The predicted molar refractivity (Wildman–Crippen MR) is 95.8 cm³/mol. The van der Waals surface area contributed by atoms with Crippen LogP contribution in [0.25, 0.3) is 11.3 Å². The smallest absolute Gasteiger partial charge is 0.349 e. The first-order valence-electron chi connectivity index (χ1n) is 7.52. The van der Waals surface area contributed by atoms with Gasteiger partial charge >= 0.3 is 5.97 Å². The van der Waals surface area contributed by atoms with Crippen LogP contribution >= 0.6 is 11.6 Å². The Morgan fingerprint density at radius 2 is 1.92 bits per heavy atom. The van der Waals surface area contributed by atoms with Gasteiger partial charge in [-0.05, 0) is 49.4 Å². The molecular formula is C20H14ClNO3. The van der Waals surface area contributed by atoms with Crippen LogP contribution in [0.4, 0.5) is 0 Å². The Hall–Kier alpha value is -3.03. The summed E-state index contributed by atoms with van der Waals surface area (Å²) in [5.74, 6) is 0.419. The molecule has 1 aliphatic heterocycles. The summed E-state index contributed by atoms with van der Waals surface area (Å²) in [6.07, 6.45) is 1.68. The predicted octanol–water partition coefficient (Wildman–Crippen LogP) is 4.53. The molecule has 3 rings (SSSR count). The van der Waals surface area contributed by atoms with Crippen molar-refractivity contribution in [2.45, 2.75) is 6.92 Å². The normalized spacial score (nSPS) is 14.6. The van der Waals surface area contributed by atoms with Gasteiger partial charge in [0.15, 0.2) is 0 Å². The first-order valence-corrected chi connectivity index (χ1v) is 7.90. The highest BCUT2D eigenvalue weighted by atomic mass is 35.5. The molecule has 0 aromatic heterocycles. The van der Waals surface area contributed by atoms with Gasteiger partial charge in [0.1, 0.15) is 23.2 Å². The maximum Gasteiger partial charge on any atom is 0.349 e. The van der Waals surface area contributed by atoms with Gasteiger partial charge < -0.3 is 9.47 Å². The number of allylic oxidation sites excluding steroid dienone is 2. The Kier molecular flexibility index (Phi) is 4.60. The van der Waals surface area contributed by atoms with Gasteiger partial charge in [0.05, 0.1) is 7.11 Å². The number of aryl methyl sites for hydroxylation is 1. The van der Waals surface area contributed by atoms with Crippen molar-refractivity contribution in [1.82, 2.24) is 0 Å². The van der Waals surface area contributed by atoms with Crippen LogP contribution in [-0.4, -0.2) is 13.1 Å². The maximum atomic E-state index is 12.0. The van der Waals surface area contributed by atoms with Gasteiger partial charge in [-0.1, -0.05) is 23.2 Å². The van der Waals surface area contributed by atoms with E-state index in [2.05, 4.69) is 0 Å². The first-order chi connectivity index (χ1) is 12.0. The summed E-state index contributed by atoms with van der Waals surface area (Å²) >= 11 is 5.94. The summed E-state index contributed by atoms with van der Waals surface area (Å²) in [6, 6.07) is 14.7. The summed E-state index contributed by atoms with van der Waals surface area (Å²) in [6.45, 7) is 1.93. The zero-order valence-electron chi connectivity index (χ0n) is 13.7. The molecule has 2 aromatic rings. The summed E-state index contributed by atoms with van der Waals surface area (Å²) in [5.41, 5.74) is 2.87. The number of nitrogens with zero attached hydrogens (tertiary/aromatic N) is 1. The van der Waals surface area contributed by atoms with Crippen molar-refractivity contribution in [2.24, 2.45) is 0 Å². The minimum atomic E-state index is -0.682. The summed E-state index contributed by atoms with van der Waals surface area (Å²) in [7, 11) is 1.25. The van der Waals surface area contributed by atoms with Gasteiger partial charge in [0.25, 0.3) is 0 Å². The average molecular weight is 352 g/mol. The molecule has 0 bridgehead atoms. The van der Waals surface area contributed by atoms with E-state index in [9.17, 15) is 10.1 Å². The third kappa shape index (κ3) is 3.28. The Morgan fingerprint density at radius 1 is 1.20 bits per heavy atom. The monoisotopic (exact) mass is 351 g/mol. The molecule has 0 spiro atoms. The molecular weight excluding hydrogens is 338 g/mol. The molecule has 0 aliphatic carbocycles. The van der Waals surface area contributed by atoms with Crippen molar-refractivity contribution >= 4 is 28.9 Å². The number of fused-ring (bicyclic) bond motifs is 1. The number of hydrogen-bond donors (Lipinski definition) is 0. The molecule has 25 heavy (non-hydrogen) atoms. The van der Waals surface area contributed by atoms with Crippen LogP contribution in [0.2, 0.25) is 5.02 Å². The van der Waals surface area contributed by atoms with E-state index >= 15 is 0 Å². The zero-order valence-corrected chi connectivity index (χ0v) is 14.4. The third-order valence-electron chi connectivity index (χ3n) is 3.82. The molecule has 5 heteroatoms. The number of methoxy groups -OCH3 is 1. The van der Waals surface area contributed by atoms with Crippen molar-refractivity contribution in [1.29, 1.82) is 5.26 Å². The molecule has 124 valence electrons. The molecule has 1 aliphatic rings. The minimum Gasteiger partial charge on any atom is -0.465 e. The number of carbonyl (C=O) groups excluding carboxylic acids is 1. The molecule has 0 fully saturated rings. The quantitative estimate of drug-likeness (QED) is 0.453. The first kappa shape index (κ1) is 16.8. The lowest BCUT2D eigenvalue weighted by atomic mass is 9.94. The van der Waals surface area contributed by atoms with Gasteiger partial charge in [0.2, 0.25) is 0 Å². The van der Waals surface area contributed by atoms with Crippen molar-refractivity contribution in [3.05, 3.63) is 75.8 Å². The van der Waals surface area contributed by atoms with Crippen LogP contribution in [0.15, 0.2) is 54.1 Å². The molecule has 4 nitrogen and oxygen atoms in total. The summed E-state index contributed by atoms with van der Waals surface area (Å²) in [4.78, 5) is 12.0. The fraction of sp³-hybridized carbons (Fsp3) is 0.100. The number of carbonyl (C=O) groups is 1. The second-order valence-electron chi connectivity index (χ2n) is 5.51. The van der Waals surface area contributed by atoms with Crippen LogP contribution in [0.1, 0.15) is 16.7 Å². The van der Waals surface area contributed by atoms with E-state index in [4.69, 9.17) is 21.1 Å². The van der Waals surface area contributed by atoms with Crippen molar-refractivity contribution in [2.75, 3.05) is 7.11 Å². The minimum absolute atomic E-state index is 0.0656. The van der Waals surface area contributed by atoms with Gasteiger partial charge in [-0.15, -0.1) is 0 Å². The average Bonchev–Trinajstić information content (AvgIpc) is 2.62. The van der Waals surface area contributed by atoms with E-state index in [1.54, 1.807) is 18.2 Å². The molecule has 0 saturated heterocycles. The van der Waals surface area contributed by atoms with Gasteiger partial charge in [0, 0.05) is 21.7 Å². The maximum absolute atomic E-state index is 12.0. The molecule has 2 aromatic carbocycles. The molecule has 0 radical (unpaired) electrons. The lowest BCUT2D eigenvalue weighted by Gasteiger charge is -2.21. The molecule has 1 heterocycles. The fourth-order valence-electron chi connectivity index (χ4n) is 2.58. The number of esters is 1. The number of nitriles is 1. The second-order valence-corrected chi connectivity index (χ2v) is 5.95. The van der Waals surface area contributed by atoms with E-state index in [-0.39, 0.29) is 5.57 Å². The number of ether oxygens (including phenoxy) is 2. The highest BCUT2D eigenvalue weighted by Gasteiger charge is 2.24. The Bertz CT molecular complexity index is 950. The van der Waals surface area contributed by atoms with Crippen LogP contribution < -0.4 is 4.74 Å². The number of halogens is 1.